The summed E-state index contributed by atoms with van der Waals surface area (Å²) in [6.07, 6.45) is 0.749. The summed E-state index contributed by atoms with van der Waals surface area (Å²) in [6.45, 7) is 8.75. The Hall–Kier alpha value is -0.170. The lowest BCUT2D eigenvalue weighted by atomic mass is 10.1. The molecule has 0 amide bonds. The fourth-order valence-electron chi connectivity index (χ4n) is 1.30. The number of hydrogen-bond donors (Lipinski definition) is 3. The first-order valence-electron chi connectivity index (χ1n) is 5.73. The quantitative estimate of drug-likeness (QED) is 0.585. The van der Waals surface area contributed by atoms with Gasteiger partial charge in [-0.25, -0.2) is 4.72 Å². The van der Waals surface area contributed by atoms with E-state index in [9.17, 15) is 8.42 Å². The lowest BCUT2D eigenvalue weighted by Gasteiger charge is -2.19. The molecule has 16 heavy (non-hydrogen) atoms. The third-order valence-electron chi connectivity index (χ3n) is 2.04. The predicted molar refractivity (Wildman–Crippen MR) is 67.2 cm³/mol. The summed E-state index contributed by atoms with van der Waals surface area (Å²) in [5, 5.41) is 0. The van der Waals surface area contributed by atoms with Gasteiger partial charge in [-0.05, 0) is 18.3 Å². The van der Waals surface area contributed by atoms with Crippen LogP contribution in [0.25, 0.3) is 0 Å². The van der Waals surface area contributed by atoms with E-state index < -0.39 is 10.2 Å². The highest BCUT2D eigenvalue weighted by Gasteiger charge is 2.17. The number of hydrogen-bond acceptors (Lipinski definition) is 3. The number of nitrogens with one attached hydrogen (secondary N) is 2. The second kappa shape index (κ2) is 7.21. The zero-order valence-electron chi connectivity index (χ0n) is 10.7. The molecule has 0 aliphatic heterocycles. The monoisotopic (exact) mass is 251 g/mol. The molecule has 0 aromatic rings. The van der Waals surface area contributed by atoms with Crippen LogP contribution in [-0.4, -0.2) is 27.5 Å². The highest BCUT2D eigenvalue weighted by Crippen LogP contribution is 2.04. The molecule has 0 spiro atoms. The minimum atomic E-state index is -3.41. The number of rotatable bonds is 8. The fraction of sp³-hybridized carbons (Fsp3) is 1.00. The van der Waals surface area contributed by atoms with E-state index in [1.807, 2.05) is 27.7 Å². The van der Waals surface area contributed by atoms with Crippen molar-refractivity contribution in [3.63, 3.8) is 0 Å². The molecule has 0 rings (SSSR count). The fourth-order valence-corrected chi connectivity index (χ4v) is 2.57. The standard InChI is InChI=1S/C10H25N3O2S/c1-8(2)5-10(6-11)13-16(14,15)12-7-9(3)4/h8-10,12-13H,5-7,11H2,1-4H3. The van der Waals surface area contributed by atoms with Crippen LogP contribution in [0.15, 0.2) is 0 Å². The van der Waals surface area contributed by atoms with Crippen molar-refractivity contribution in [2.24, 2.45) is 17.6 Å². The Morgan fingerprint density at radius 2 is 1.69 bits per heavy atom. The minimum Gasteiger partial charge on any atom is -0.329 e. The third-order valence-corrected chi connectivity index (χ3v) is 3.23. The van der Waals surface area contributed by atoms with Gasteiger partial charge in [0, 0.05) is 19.1 Å². The van der Waals surface area contributed by atoms with Crippen LogP contribution in [0.5, 0.6) is 0 Å². The maximum absolute atomic E-state index is 11.6. The molecule has 4 N–H and O–H groups in total. The minimum absolute atomic E-state index is 0.190. The Kier molecular flexibility index (Phi) is 7.14. The van der Waals surface area contributed by atoms with Gasteiger partial charge in [-0.1, -0.05) is 27.7 Å². The molecule has 5 nitrogen and oxygen atoms in total. The van der Waals surface area contributed by atoms with E-state index in [0.29, 0.717) is 19.0 Å². The summed E-state index contributed by atoms with van der Waals surface area (Å²) in [7, 11) is -3.41. The van der Waals surface area contributed by atoms with Crippen LogP contribution in [0.4, 0.5) is 0 Å². The van der Waals surface area contributed by atoms with Crippen LogP contribution in [0.3, 0.4) is 0 Å². The predicted octanol–water partition coefficient (Wildman–Crippen LogP) is 0.440. The van der Waals surface area contributed by atoms with Gasteiger partial charge in [-0.3, -0.25) is 0 Å². The molecular weight excluding hydrogens is 226 g/mol. The summed E-state index contributed by atoms with van der Waals surface area (Å²) in [5.41, 5.74) is 5.53. The van der Waals surface area contributed by atoms with Crippen LogP contribution < -0.4 is 15.2 Å². The summed E-state index contributed by atoms with van der Waals surface area (Å²) < 4.78 is 28.3. The van der Waals surface area contributed by atoms with Crippen molar-refractivity contribution in [3.05, 3.63) is 0 Å². The molecule has 0 saturated carbocycles. The smallest absolute Gasteiger partial charge is 0.277 e. The lowest BCUT2D eigenvalue weighted by Crippen LogP contribution is -2.47. The van der Waals surface area contributed by atoms with E-state index in [-0.39, 0.29) is 12.0 Å². The Balaban J connectivity index is 4.21. The lowest BCUT2D eigenvalue weighted by molar-refractivity contribution is 0.459. The molecule has 0 aromatic heterocycles. The van der Waals surface area contributed by atoms with Crippen molar-refractivity contribution in [2.45, 2.75) is 40.2 Å². The SMILES string of the molecule is CC(C)CNS(=O)(=O)NC(CN)CC(C)C. The summed E-state index contributed by atoms with van der Waals surface area (Å²) in [4.78, 5) is 0. The Bertz CT molecular complexity index is 276. The van der Waals surface area contributed by atoms with Gasteiger partial charge in [0.05, 0.1) is 0 Å². The van der Waals surface area contributed by atoms with Crippen molar-refractivity contribution < 1.29 is 8.42 Å². The van der Waals surface area contributed by atoms with Gasteiger partial charge in [-0.15, -0.1) is 0 Å². The van der Waals surface area contributed by atoms with E-state index >= 15 is 0 Å². The van der Waals surface area contributed by atoms with Gasteiger partial charge in [0.15, 0.2) is 0 Å². The van der Waals surface area contributed by atoms with Gasteiger partial charge >= 0.3 is 0 Å². The van der Waals surface area contributed by atoms with E-state index in [0.717, 1.165) is 6.42 Å². The summed E-state index contributed by atoms with van der Waals surface area (Å²) in [6, 6.07) is -0.190. The third kappa shape index (κ3) is 8.04. The highest BCUT2D eigenvalue weighted by molar-refractivity contribution is 7.87. The average molecular weight is 251 g/mol. The molecular formula is C10H25N3O2S. The zero-order chi connectivity index (χ0) is 12.8. The maximum atomic E-state index is 11.6. The molecule has 0 bridgehead atoms. The van der Waals surface area contributed by atoms with Crippen molar-refractivity contribution in [1.29, 1.82) is 0 Å². The van der Waals surface area contributed by atoms with Crippen molar-refractivity contribution in [3.8, 4) is 0 Å². The normalized spacial score (nSPS) is 14.7. The molecule has 1 unspecified atom stereocenters. The Morgan fingerprint density at radius 3 is 2.06 bits per heavy atom. The summed E-state index contributed by atoms with van der Waals surface area (Å²) in [5.74, 6) is 0.708. The average Bonchev–Trinajstić information content (AvgIpc) is 2.13. The van der Waals surface area contributed by atoms with Crippen LogP contribution in [0, 0.1) is 11.8 Å². The molecule has 0 radical (unpaired) electrons. The zero-order valence-corrected chi connectivity index (χ0v) is 11.5. The van der Waals surface area contributed by atoms with Gasteiger partial charge in [-0.2, -0.15) is 13.1 Å². The van der Waals surface area contributed by atoms with Gasteiger partial charge in [0.2, 0.25) is 0 Å². The van der Waals surface area contributed by atoms with E-state index in [2.05, 4.69) is 9.44 Å². The molecule has 0 aliphatic carbocycles. The molecule has 0 fully saturated rings. The molecule has 0 saturated heterocycles. The Labute approximate surface area is 99.4 Å². The van der Waals surface area contributed by atoms with Crippen LogP contribution in [-0.2, 0) is 10.2 Å². The first-order chi connectivity index (χ1) is 7.26. The van der Waals surface area contributed by atoms with Crippen LogP contribution in [0.2, 0.25) is 0 Å². The van der Waals surface area contributed by atoms with E-state index in [4.69, 9.17) is 5.73 Å². The van der Waals surface area contributed by atoms with Gasteiger partial charge in [0.1, 0.15) is 0 Å². The van der Waals surface area contributed by atoms with E-state index in [1.54, 1.807) is 0 Å². The van der Waals surface area contributed by atoms with Gasteiger partial charge < -0.3 is 5.73 Å². The van der Waals surface area contributed by atoms with E-state index in [1.165, 1.54) is 0 Å². The maximum Gasteiger partial charge on any atom is 0.277 e. The molecule has 0 aliphatic rings. The molecule has 1 atom stereocenters. The first-order valence-corrected chi connectivity index (χ1v) is 7.22. The first kappa shape index (κ1) is 15.8. The summed E-state index contributed by atoms with van der Waals surface area (Å²) >= 11 is 0. The topological polar surface area (TPSA) is 84.2 Å². The van der Waals surface area contributed by atoms with Crippen LogP contribution >= 0.6 is 0 Å². The van der Waals surface area contributed by atoms with Crippen molar-refractivity contribution in [1.82, 2.24) is 9.44 Å². The molecule has 0 heterocycles. The highest BCUT2D eigenvalue weighted by atomic mass is 32.2. The van der Waals surface area contributed by atoms with Crippen molar-refractivity contribution >= 4 is 10.2 Å². The number of nitrogens with two attached hydrogens (primary N) is 1. The molecule has 98 valence electrons. The van der Waals surface area contributed by atoms with Crippen LogP contribution in [0.1, 0.15) is 34.1 Å². The second-order valence-corrected chi connectivity index (χ2v) is 6.46. The molecule has 6 heteroatoms. The largest absolute Gasteiger partial charge is 0.329 e. The Morgan fingerprint density at radius 1 is 1.12 bits per heavy atom. The molecule has 0 aromatic carbocycles. The van der Waals surface area contributed by atoms with Crippen molar-refractivity contribution in [2.75, 3.05) is 13.1 Å². The second-order valence-electron chi connectivity index (χ2n) is 4.93. The van der Waals surface area contributed by atoms with Gasteiger partial charge in [0.25, 0.3) is 10.2 Å².